The average Bonchev–Trinajstić information content (AvgIpc) is 2.53. The monoisotopic (exact) mass is 287 g/mol. The Morgan fingerprint density at radius 2 is 1.56 bits per heavy atom. The largest absolute Gasteiger partial charge is 0.269 e. The third-order valence-corrected chi connectivity index (χ3v) is 2.65. The molecule has 2 rings (SSSR count). The summed E-state index contributed by atoms with van der Waals surface area (Å²) < 4.78 is 26.6. The number of amides is 2. The number of nitrogens with zero attached hydrogens (tertiary/aromatic N) is 1. The van der Waals surface area contributed by atoms with Gasteiger partial charge in [0, 0.05) is 18.2 Å². The minimum absolute atomic E-state index is 0.0687. The third kappa shape index (κ3) is 1.65. The maximum atomic E-state index is 13.5. The van der Waals surface area contributed by atoms with Crippen LogP contribution in [0.15, 0.2) is 28.8 Å². The lowest BCUT2D eigenvalue weighted by Crippen LogP contribution is -2.30. The fourth-order valence-electron chi connectivity index (χ4n) is 1.32. The molecule has 2 amide bonds. The van der Waals surface area contributed by atoms with Gasteiger partial charge in [-0.3, -0.25) is 9.59 Å². The fourth-order valence-corrected chi connectivity index (χ4v) is 1.64. The quantitative estimate of drug-likeness (QED) is 0.586. The molecule has 0 fully saturated rings. The molecule has 0 bridgehead atoms. The lowest BCUT2D eigenvalue weighted by Gasteiger charge is -2.14. The van der Waals surface area contributed by atoms with Crippen LogP contribution >= 0.6 is 15.9 Å². The number of imide groups is 1. The molecule has 1 aliphatic rings. The lowest BCUT2D eigenvalue weighted by atomic mass is 10.2. The smallest absolute Gasteiger partial charge is 0.258 e. The summed E-state index contributed by atoms with van der Waals surface area (Å²) in [6, 6.07) is 1.66. The molecule has 0 unspecified atom stereocenters. The van der Waals surface area contributed by atoms with Gasteiger partial charge < -0.3 is 0 Å². The first-order chi connectivity index (χ1) is 7.50. The van der Waals surface area contributed by atoms with E-state index in [1.807, 2.05) is 0 Å². The molecule has 0 N–H and O–H groups in total. The van der Waals surface area contributed by atoms with Crippen LogP contribution in [-0.2, 0) is 9.59 Å². The van der Waals surface area contributed by atoms with Crippen LogP contribution in [0.2, 0.25) is 0 Å². The van der Waals surface area contributed by atoms with Crippen molar-refractivity contribution in [3.05, 3.63) is 40.4 Å². The van der Waals surface area contributed by atoms with E-state index in [1.54, 1.807) is 0 Å². The van der Waals surface area contributed by atoms with Gasteiger partial charge in [0.2, 0.25) is 0 Å². The minimum atomic E-state index is -0.848. The van der Waals surface area contributed by atoms with Crippen LogP contribution in [0.1, 0.15) is 0 Å². The van der Waals surface area contributed by atoms with Gasteiger partial charge in [-0.2, -0.15) is 0 Å². The molecule has 0 atom stereocenters. The van der Waals surface area contributed by atoms with Crippen LogP contribution in [0.3, 0.4) is 0 Å². The summed E-state index contributed by atoms with van der Waals surface area (Å²) in [7, 11) is 0. The van der Waals surface area contributed by atoms with Crippen molar-refractivity contribution in [3.63, 3.8) is 0 Å². The van der Waals surface area contributed by atoms with Crippen LogP contribution in [0, 0.1) is 11.6 Å². The number of anilines is 1. The molecule has 1 aromatic carbocycles. The topological polar surface area (TPSA) is 37.4 Å². The van der Waals surface area contributed by atoms with Gasteiger partial charge in [-0.25, -0.2) is 13.7 Å². The minimum Gasteiger partial charge on any atom is -0.269 e. The molecule has 16 heavy (non-hydrogen) atoms. The summed E-state index contributed by atoms with van der Waals surface area (Å²) in [6.07, 6.45) is 2.00. The van der Waals surface area contributed by atoms with Crippen LogP contribution in [0.25, 0.3) is 0 Å². The van der Waals surface area contributed by atoms with Crippen LogP contribution in [0.5, 0.6) is 0 Å². The van der Waals surface area contributed by atoms with Gasteiger partial charge in [-0.05, 0) is 22.0 Å². The summed E-state index contributed by atoms with van der Waals surface area (Å²) in [5, 5.41) is 0. The number of carbonyl (C=O) groups is 2. The third-order valence-electron chi connectivity index (χ3n) is 2.04. The van der Waals surface area contributed by atoms with E-state index in [-0.39, 0.29) is 10.2 Å². The molecule has 0 saturated carbocycles. The Labute approximate surface area is 97.5 Å². The number of hydrogen-bond donors (Lipinski definition) is 0. The predicted octanol–water partition coefficient (Wildman–Crippen LogP) is 2.16. The molecular weight excluding hydrogens is 284 g/mol. The number of carbonyl (C=O) groups excluding carboxylic acids is 2. The predicted molar refractivity (Wildman–Crippen MR) is 55.7 cm³/mol. The Morgan fingerprint density at radius 3 is 2.12 bits per heavy atom. The van der Waals surface area contributed by atoms with E-state index in [4.69, 9.17) is 0 Å². The molecule has 0 spiro atoms. The number of hydrogen-bond acceptors (Lipinski definition) is 2. The number of benzene rings is 1. The van der Waals surface area contributed by atoms with Gasteiger partial charge in [-0.15, -0.1) is 0 Å². The highest BCUT2D eigenvalue weighted by molar-refractivity contribution is 9.10. The van der Waals surface area contributed by atoms with Gasteiger partial charge in [0.05, 0.1) is 10.2 Å². The zero-order valence-electron chi connectivity index (χ0n) is 7.71. The molecular formula is C10H4BrF2NO2. The molecule has 82 valence electrons. The van der Waals surface area contributed by atoms with Crippen LogP contribution in [0.4, 0.5) is 14.5 Å². The molecule has 6 heteroatoms. The van der Waals surface area contributed by atoms with Crippen LogP contribution < -0.4 is 4.90 Å². The molecule has 1 heterocycles. The van der Waals surface area contributed by atoms with E-state index in [0.29, 0.717) is 4.90 Å². The van der Waals surface area contributed by atoms with Crippen molar-refractivity contribution in [2.75, 3.05) is 4.90 Å². The Balaban J connectivity index is 2.53. The zero-order chi connectivity index (χ0) is 11.9. The second kappa shape index (κ2) is 3.79. The highest BCUT2D eigenvalue weighted by Crippen LogP contribution is 2.28. The maximum Gasteiger partial charge on any atom is 0.258 e. The van der Waals surface area contributed by atoms with E-state index in [2.05, 4.69) is 15.9 Å². The van der Waals surface area contributed by atoms with E-state index >= 15 is 0 Å². The van der Waals surface area contributed by atoms with E-state index in [0.717, 1.165) is 24.3 Å². The highest BCUT2D eigenvalue weighted by atomic mass is 79.9. The number of rotatable bonds is 1. The van der Waals surface area contributed by atoms with Gasteiger partial charge in [-0.1, -0.05) is 0 Å². The second-order valence-electron chi connectivity index (χ2n) is 3.06. The summed E-state index contributed by atoms with van der Waals surface area (Å²) in [4.78, 5) is 23.1. The molecule has 0 aromatic heterocycles. The summed E-state index contributed by atoms with van der Waals surface area (Å²) >= 11 is 2.80. The molecule has 0 aliphatic carbocycles. The lowest BCUT2D eigenvalue weighted by molar-refractivity contribution is -0.120. The summed E-state index contributed by atoms with van der Waals surface area (Å²) in [5.41, 5.74) is -0.388. The average molecular weight is 288 g/mol. The first-order valence-corrected chi connectivity index (χ1v) is 5.00. The van der Waals surface area contributed by atoms with E-state index in [9.17, 15) is 18.4 Å². The highest BCUT2D eigenvalue weighted by Gasteiger charge is 2.28. The molecule has 0 saturated heterocycles. The summed E-state index contributed by atoms with van der Waals surface area (Å²) in [5.74, 6) is -2.97. The van der Waals surface area contributed by atoms with E-state index in [1.165, 1.54) is 0 Å². The normalized spacial score (nSPS) is 15.1. The fraction of sp³-hybridized carbons (Fsp3) is 0. The van der Waals surface area contributed by atoms with Crippen LogP contribution in [-0.4, -0.2) is 11.8 Å². The maximum absolute atomic E-state index is 13.5. The SMILES string of the molecule is O=C1C=CC(=O)N1c1cc(F)c(Br)cc1F. The molecule has 1 aliphatic heterocycles. The van der Waals surface area contributed by atoms with Crippen molar-refractivity contribution >= 4 is 33.4 Å². The molecule has 3 nitrogen and oxygen atoms in total. The van der Waals surface area contributed by atoms with Crippen molar-refractivity contribution in [2.45, 2.75) is 0 Å². The Kier molecular flexibility index (Phi) is 2.59. The Hall–Kier alpha value is -1.56. The zero-order valence-corrected chi connectivity index (χ0v) is 9.29. The van der Waals surface area contributed by atoms with Crippen molar-refractivity contribution < 1.29 is 18.4 Å². The van der Waals surface area contributed by atoms with Gasteiger partial charge >= 0.3 is 0 Å². The molecule has 0 radical (unpaired) electrons. The van der Waals surface area contributed by atoms with Gasteiger partial charge in [0.25, 0.3) is 11.8 Å². The first kappa shape index (κ1) is 10.9. The van der Waals surface area contributed by atoms with E-state index < -0.39 is 23.4 Å². The van der Waals surface area contributed by atoms with Gasteiger partial charge in [0.15, 0.2) is 0 Å². The van der Waals surface area contributed by atoms with Gasteiger partial charge in [0.1, 0.15) is 11.6 Å². The van der Waals surface area contributed by atoms with Crippen molar-refractivity contribution in [1.29, 1.82) is 0 Å². The Bertz CT molecular complexity index is 510. The van der Waals surface area contributed by atoms with Crippen molar-refractivity contribution in [1.82, 2.24) is 0 Å². The Morgan fingerprint density at radius 1 is 1.00 bits per heavy atom. The standard InChI is InChI=1S/C10H4BrF2NO2/c11-5-3-7(13)8(4-6(5)12)14-9(15)1-2-10(14)16/h1-4H. The van der Waals surface area contributed by atoms with Crippen molar-refractivity contribution in [2.24, 2.45) is 0 Å². The summed E-state index contributed by atoms with van der Waals surface area (Å²) in [6.45, 7) is 0. The second-order valence-corrected chi connectivity index (χ2v) is 3.92. The van der Waals surface area contributed by atoms with Crippen molar-refractivity contribution in [3.8, 4) is 0 Å². The first-order valence-electron chi connectivity index (χ1n) is 4.21. The number of halogens is 3. The molecule has 1 aromatic rings.